The highest BCUT2D eigenvalue weighted by Crippen LogP contribution is 2.17. The number of nitrogens with two attached hydrogens (primary N) is 1. The molecule has 0 aliphatic heterocycles. The van der Waals surface area contributed by atoms with Crippen molar-refractivity contribution in [1.29, 1.82) is 0 Å². The van der Waals surface area contributed by atoms with Crippen LogP contribution in [-0.4, -0.2) is 35.3 Å². The Morgan fingerprint density at radius 2 is 1.79 bits per heavy atom. The standard InChI is InChI=1S/C13H17NO5/c1-19-10-4-2-8(3-5-10)6-9(12(15)16)7-11(14)13(17)18/h2-5,9,11H,6-7,14H2,1H3,(H,15,16)(H,17,18)/t9?,11-/m0/s1. The van der Waals surface area contributed by atoms with Gasteiger partial charge in [-0.1, -0.05) is 12.1 Å². The number of aliphatic carboxylic acids is 2. The van der Waals surface area contributed by atoms with Gasteiger partial charge < -0.3 is 20.7 Å². The summed E-state index contributed by atoms with van der Waals surface area (Å²) in [4.78, 5) is 21.8. The van der Waals surface area contributed by atoms with Gasteiger partial charge in [-0.3, -0.25) is 9.59 Å². The first kappa shape index (κ1) is 15.0. The molecule has 6 nitrogen and oxygen atoms in total. The molecule has 104 valence electrons. The molecule has 1 aromatic carbocycles. The summed E-state index contributed by atoms with van der Waals surface area (Å²) in [6.07, 6.45) is 0.136. The highest BCUT2D eigenvalue weighted by molar-refractivity contribution is 5.76. The van der Waals surface area contributed by atoms with Crippen molar-refractivity contribution in [3.63, 3.8) is 0 Å². The number of carbonyl (C=O) groups is 2. The molecule has 4 N–H and O–H groups in total. The third-order valence-electron chi connectivity index (χ3n) is 2.85. The minimum atomic E-state index is -1.19. The SMILES string of the molecule is COc1ccc(CC(C[C@H](N)C(=O)O)C(=O)O)cc1. The molecule has 0 heterocycles. The van der Waals surface area contributed by atoms with E-state index in [0.717, 1.165) is 5.56 Å². The van der Waals surface area contributed by atoms with Crippen molar-refractivity contribution in [2.24, 2.45) is 11.7 Å². The van der Waals surface area contributed by atoms with E-state index >= 15 is 0 Å². The summed E-state index contributed by atoms with van der Waals surface area (Å²) >= 11 is 0. The number of hydrogen-bond acceptors (Lipinski definition) is 4. The Balaban J connectivity index is 2.72. The van der Waals surface area contributed by atoms with E-state index in [1.54, 1.807) is 31.4 Å². The predicted molar refractivity (Wildman–Crippen MR) is 68.1 cm³/mol. The van der Waals surface area contributed by atoms with Crippen LogP contribution >= 0.6 is 0 Å². The average Bonchev–Trinajstić information content (AvgIpc) is 2.38. The molecule has 1 aromatic rings. The smallest absolute Gasteiger partial charge is 0.320 e. The molecular weight excluding hydrogens is 250 g/mol. The van der Waals surface area contributed by atoms with Crippen LogP contribution in [0.1, 0.15) is 12.0 Å². The highest BCUT2D eigenvalue weighted by atomic mass is 16.5. The van der Waals surface area contributed by atoms with Gasteiger partial charge in [-0.05, 0) is 30.5 Å². The molecule has 0 saturated carbocycles. The minimum absolute atomic E-state index is 0.101. The number of methoxy groups -OCH3 is 1. The van der Waals surface area contributed by atoms with Crippen LogP contribution in [0.5, 0.6) is 5.75 Å². The van der Waals surface area contributed by atoms with Gasteiger partial charge in [0.1, 0.15) is 11.8 Å². The summed E-state index contributed by atoms with van der Waals surface area (Å²) in [5.41, 5.74) is 6.17. The van der Waals surface area contributed by atoms with Crippen LogP contribution in [0.2, 0.25) is 0 Å². The lowest BCUT2D eigenvalue weighted by Crippen LogP contribution is -2.35. The molecule has 0 aromatic heterocycles. The third-order valence-corrected chi connectivity index (χ3v) is 2.85. The summed E-state index contributed by atoms with van der Waals surface area (Å²) in [7, 11) is 1.54. The van der Waals surface area contributed by atoms with Crippen molar-refractivity contribution in [1.82, 2.24) is 0 Å². The molecule has 0 fully saturated rings. The Bertz CT molecular complexity index is 443. The fourth-order valence-electron chi connectivity index (χ4n) is 1.72. The van der Waals surface area contributed by atoms with Crippen molar-refractivity contribution in [2.45, 2.75) is 18.9 Å². The topological polar surface area (TPSA) is 110 Å². The first-order valence-corrected chi connectivity index (χ1v) is 5.78. The molecule has 1 rings (SSSR count). The van der Waals surface area contributed by atoms with Gasteiger partial charge in [0.25, 0.3) is 0 Å². The zero-order chi connectivity index (χ0) is 14.4. The summed E-state index contributed by atoms with van der Waals surface area (Å²) in [6.45, 7) is 0. The molecule has 2 atom stereocenters. The molecule has 19 heavy (non-hydrogen) atoms. The van der Waals surface area contributed by atoms with Crippen LogP contribution in [0, 0.1) is 5.92 Å². The van der Waals surface area contributed by atoms with Crippen LogP contribution in [0.15, 0.2) is 24.3 Å². The monoisotopic (exact) mass is 267 g/mol. The van der Waals surface area contributed by atoms with Gasteiger partial charge >= 0.3 is 11.9 Å². The number of carboxylic acid groups (broad SMARTS) is 2. The van der Waals surface area contributed by atoms with E-state index in [1.165, 1.54) is 0 Å². The second kappa shape index (κ2) is 6.75. The van der Waals surface area contributed by atoms with E-state index < -0.39 is 23.9 Å². The van der Waals surface area contributed by atoms with Crippen molar-refractivity contribution < 1.29 is 24.5 Å². The lowest BCUT2D eigenvalue weighted by atomic mass is 9.93. The van der Waals surface area contributed by atoms with E-state index in [2.05, 4.69) is 0 Å². The van der Waals surface area contributed by atoms with Gasteiger partial charge in [0.05, 0.1) is 13.0 Å². The quantitative estimate of drug-likeness (QED) is 0.672. The summed E-state index contributed by atoms with van der Waals surface area (Å²) in [5.74, 6) is -2.38. The maximum Gasteiger partial charge on any atom is 0.320 e. The third kappa shape index (κ3) is 4.59. The van der Waals surface area contributed by atoms with Crippen molar-refractivity contribution in [3.05, 3.63) is 29.8 Å². The summed E-state index contributed by atoms with van der Waals surface area (Å²) in [6, 6.07) is 5.79. The van der Waals surface area contributed by atoms with Gasteiger partial charge in [0.15, 0.2) is 0 Å². The maximum atomic E-state index is 11.1. The molecule has 0 aliphatic rings. The average molecular weight is 267 g/mol. The molecule has 0 spiro atoms. The van der Waals surface area contributed by atoms with Gasteiger partial charge in [-0.2, -0.15) is 0 Å². The number of hydrogen-bond donors (Lipinski definition) is 3. The first-order valence-electron chi connectivity index (χ1n) is 5.78. The van der Waals surface area contributed by atoms with Crippen LogP contribution < -0.4 is 10.5 Å². The van der Waals surface area contributed by atoms with Gasteiger partial charge in [-0.25, -0.2) is 0 Å². The number of ether oxygens (including phenoxy) is 1. The minimum Gasteiger partial charge on any atom is -0.497 e. The van der Waals surface area contributed by atoms with Crippen molar-refractivity contribution in [3.8, 4) is 5.75 Å². The lowest BCUT2D eigenvalue weighted by molar-refractivity contribution is -0.143. The number of benzene rings is 1. The molecule has 0 saturated heterocycles. The van der Waals surface area contributed by atoms with E-state index in [9.17, 15) is 9.59 Å². The lowest BCUT2D eigenvalue weighted by Gasteiger charge is -2.15. The molecule has 1 unspecified atom stereocenters. The van der Waals surface area contributed by atoms with Crippen LogP contribution in [0.4, 0.5) is 0 Å². The fourth-order valence-corrected chi connectivity index (χ4v) is 1.72. The predicted octanol–water partition coefficient (Wildman–Crippen LogP) is 0.740. The summed E-state index contributed by atoms with van der Waals surface area (Å²) < 4.78 is 5.00. The van der Waals surface area contributed by atoms with Gasteiger partial charge in [0.2, 0.25) is 0 Å². The Morgan fingerprint density at radius 1 is 1.21 bits per heavy atom. The van der Waals surface area contributed by atoms with Crippen LogP contribution in [0.3, 0.4) is 0 Å². The molecule has 0 radical (unpaired) electrons. The normalized spacial score (nSPS) is 13.6. The maximum absolute atomic E-state index is 11.1. The van der Waals surface area contributed by atoms with Gasteiger partial charge in [-0.15, -0.1) is 0 Å². The fraction of sp³-hybridized carbons (Fsp3) is 0.385. The van der Waals surface area contributed by atoms with Crippen LogP contribution in [-0.2, 0) is 16.0 Å². The Kier molecular flexibility index (Phi) is 5.32. The Labute approximate surface area is 110 Å². The van der Waals surface area contributed by atoms with Crippen molar-refractivity contribution >= 4 is 11.9 Å². The van der Waals surface area contributed by atoms with E-state index in [0.29, 0.717) is 5.75 Å². The number of rotatable bonds is 7. The van der Waals surface area contributed by atoms with Crippen LogP contribution in [0.25, 0.3) is 0 Å². The molecule has 0 amide bonds. The van der Waals surface area contributed by atoms with Gasteiger partial charge in [0, 0.05) is 0 Å². The Morgan fingerprint density at radius 3 is 2.21 bits per heavy atom. The molecule has 0 aliphatic carbocycles. The van der Waals surface area contributed by atoms with Crippen molar-refractivity contribution in [2.75, 3.05) is 7.11 Å². The Hall–Kier alpha value is -2.08. The second-order valence-corrected chi connectivity index (χ2v) is 4.27. The zero-order valence-corrected chi connectivity index (χ0v) is 10.6. The van der Waals surface area contributed by atoms with E-state index in [4.69, 9.17) is 20.7 Å². The molecule has 0 bridgehead atoms. The number of carboxylic acids is 2. The molecular formula is C13H17NO5. The second-order valence-electron chi connectivity index (χ2n) is 4.27. The largest absolute Gasteiger partial charge is 0.497 e. The zero-order valence-electron chi connectivity index (χ0n) is 10.6. The van der Waals surface area contributed by atoms with E-state index in [-0.39, 0.29) is 12.8 Å². The first-order chi connectivity index (χ1) is 8.93. The highest BCUT2D eigenvalue weighted by Gasteiger charge is 2.24. The summed E-state index contributed by atoms with van der Waals surface area (Å²) in [5, 5.41) is 17.8. The molecule has 6 heteroatoms. The van der Waals surface area contributed by atoms with E-state index in [1.807, 2.05) is 0 Å².